The topological polar surface area (TPSA) is 49.7 Å². The first-order valence-corrected chi connectivity index (χ1v) is 4.36. The van der Waals surface area contributed by atoms with Crippen LogP contribution in [0.4, 0.5) is 0 Å². The predicted octanol–water partition coefficient (Wildman–Crippen LogP) is 0.0923. The molecule has 0 spiro atoms. The monoisotopic (exact) mass is 257 g/mol. The van der Waals surface area contributed by atoms with Crippen molar-refractivity contribution in [3.05, 3.63) is 6.61 Å². The summed E-state index contributed by atoms with van der Waals surface area (Å²) in [4.78, 5) is 0. The second-order valence-electron chi connectivity index (χ2n) is 2.40. The molecule has 0 aromatic heterocycles. The molecule has 4 heteroatoms. The zero-order chi connectivity index (χ0) is 7.72. The van der Waals surface area contributed by atoms with E-state index in [0.29, 0.717) is 0 Å². The number of ether oxygens (including phenoxy) is 1. The number of aliphatic hydroxyl groups is 2. The van der Waals surface area contributed by atoms with Crippen LogP contribution in [0.25, 0.3) is 0 Å². The molecule has 0 saturated carbocycles. The minimum Gasteiger partial charge on any atom is -0.389 e. The predicted molar refractivity (Wildman–Crippen MR) is 44.7 cm³/mol. The van der Waals surface area contributed by atoms with Gasteiger partial charge in [-0.2, -0.15) is 0 Å². The van der Waals surface area contributed by atoms with E-state index in [0.717, 1.165) is 0 Å². The minimum atomic E-state index is -0.758. The summed E-state index contributed by atoms with van der Waals surface area (Å²) < 4.78 is 4.92. The smallest absolute Gasteiger partial charge is 0.107 e. The molecule has 3 nitrogen and oxygen atoms in total. The van der Waals surface area contributed by atoms with Crippen molar-refractivity contribution in [2.75, 3.05) is 0 Å². The van der Waals surface area contributed by atoms with E-state index in [1.807, 2.05) is 22.6 Å². The fourth-order valence-electron chi connectivity index (χ4n) is 0.826. The van der Waals surface area contributed by atoms with Gasteiger partial charge >= 0.3 is 0 Å². The highest BCUT2D eigenvalue weighted by atomic mass is 127. The first-order chi connectivity index (χ1) is 4.63. The third kappa shape index (κ3) is 1.61. The lowest BCUT2D eigenvalue weighted by atomic mass is 10.0. The van der Waals surface area contributed by atoms with Crippen molar-refractivity contribution in [1.29, 1.82) is 0 Å². The van der Waals surface area contributed by atoms with Crippen LogP contribution < -0.4 is 0 Å². The molecule has 1 aliphatic heterocycles. The maximum Gasteiger partial charge on any atom is 0.107 e. The lowest BCUT2D eigenvalue weighted by molar-refractivity contribution is -0.0968. The molecule has 1 heterocycles. The van der Waals surface area contributed by atoms with E-state index in [-0.39, 0.29) is 10.0 Å². The molecule has 2 N–H and O–H groups in total. The van der Waals surface area contributed by atoms with Gasteiger partial charge in [0.2, 0.25) is 0 Å². The van der Waals surface area contributed by atoms with Crippen LogP contribution in [-0.4, -0.2) is 32.4 Å². The molecule has 1 fully saturated rings. The largest absolute Gasteiger partial charge is 0.389 e. The van der Waals surface area contributed by atoms with Crippen molar-refractivity contribution in [1.82, 2.24) is 0 Å². The number of aliphatic hydroxyl groups excluding tert-OH is 2. The van der Waals surface area contributed by atoms with Gasteiger partial charge in [0.25, 0.3) is 0 Å². The van der Waals surface area contributed by atoms with Crippen molar-refractivity contribution >= 4 is 22.6 Å². The van der Waals surface area contributed by atoms with E-state index in [9.17, 15) is 10.2 Å². The fraction of sp³-hybridized carbons (Fsp3) is 0.833. The van der Waals surface area contributed by atoms with Gasteiger partial charge in [-0.05, 0) is 6.92 Å². The zero-order valence-electron chi connectivity index (χ0n) is 5.57. The summed E-state index contributed by atoms with van der Waals surface area (Å²) in [6.07, 6.45) is -1.74. The Bertz CT molecular complexity index is 106. The van der Waals surface area contributed by atoms with Gasteiger partial charge in [-0.3, -0.25) is 0 Å². The SMILES string of the molecule is C[C@@H]1O[CH][C@H](I)[C@H](O)[C@H]1O. The number of hydrogen-bond acceptors (Lipinski definition) is 3. The Kier molecular flexibility index (Phi) is 2.91. The Balaban J connectivity index is 2.52. The maximum absolute atomic E-state index is 9.25. The van der Waals surface area contributed by atoms with E-state index < -0.39 is 12.2 Å². The molecule has 59 valence electrons. The molecule has 1 radical (unpaired) electrons. The fourth-order valence-corrected chi connectivity index (χ4v) is 1.42. The molecule has 0 aromatic rings. The Morgan fingerprint density at radius 1 is 1.40 bits per heavy atom. The van der Waals surface area contributed by atoms with Crippen molar-refractivity contribution in [3.8, 4) is 0 Å². The van der Waals surface area contributed by atoms with E-state index in [2.05, 4.69) is 0 Å². The van der Waals surface area contributed by atoms with Gasteiger partial charge < -0.3 is 14.9 Å². The summed E-state index contributed by atoms with van der Waals surface area (Å²) in [5.74, 6) is 0. The van der Waals surface area contributed by atoms with Crippen LogP contribution in [0, 0.1) is 6.61 Å². The number of rotatable bonds is 0. The Morgan fingerprint density at radius 3 is 2.50 bits per heavy atom. The van der Waals surface area contributed by atoms with Gasteiger partial charge in [-0.25, -0.2) is 0 Å². The van der Waals surface area contributed by atoms with Crippen LogP contribution in [-0.2, 0) is 4.74 Å². The second kappa shape index (κ2) is 3.34. The summed E-state index contributed by atoms with van der Waals surface area (Å²) in [6.45, 7) is 3.29. The van der Waals surface area contributed by atoms with Crippen molar-refractivity contribution < 1.29 is 14.9 Å². The third-order valence-electron chi connectivity index (χ3n) is 1.58. The van der Waals surface area contributed by atoms with Gasteiger partial charge in [0, 0.05) is 0 Å². The van der Waals surface area contributed by atoms with Gasteiger partial charge in [0.05, 0.1) is 22.7 Å². The Morgan fingerprint density at radius 2 is 2.00 bits per heavy atom. The van der Waals surface area contributed by atoms with E-state index >= 15 is 0 Å². The van der Waals surface area contributed by atoms with Crippen LogP contribution in [0.2, 0.25) is 0 Å². The first-order valence-electron chi connectivity index (χ1n) is 3.12. The van der Waals surface area contributed by atoms with Crippen molar-refractivity contribution in [2.24, 2.45) is 0 Å². The second-order valence-corrected chi connectivity index (χ2v) is 3.84. The van der Waals surface area contributed by atoms with Crippen LogP contribution in [0.1, 0.15) is 6.92 Å². The summed E-state index contributed by atoms with van der Waals surface area (Å²) >= 11 is 2.02. The molecule has 10 heavy (non-hydrogen) atoms. The van der Waals surface area contributed by atoms with Gasteiger partial charge in [-0.15, -0.1) is 0 Å². The van der Waals surface area contributed by atoms with Crippen LogP contribution in [0.15, 0.2) is 0 Å². The first kappa shape index (κ1) is 8.70. The lowest BCUT2D eigenvalue weighted by Crippen LogP contribution is -2.47. The number of alkyl halides is 1. The molecule has 0 unspecified atom stereocenters. The molecule has 4 atom stereocenters. The Hall–Kier alpha value is 0.610. The van der Waals surface area contributed by atoms with Gasteiger partial charge in [0.1, 0.15) is 6.10 Å². The van der Waals surface area contributed by atoms with Crippen LogP contribution in [0.3, 0.4) is 0 Å². The quantitative estimate of drug-likeness (QED) is 0.477. The Labute approximate surface area is 73.5 Å². The van der Waals surface area contributed by atoms with Crippen molar-refractivity contribution in [3.63, 3.8) is 0 Å². The summed E-state index contributed by atoms with van der Waals surface area (Å²) in [7, 11) is 0. The molecule has 1 aliphatic rings. The average Bonchev–Trinajstić information content (AvgIpc) is 1.93. The minimum absolute atomic E-state index is 0.108. The lowest BCUT2D eigenvalue weighted by Gasteiger charge is -2.32. The van der Waals surface area contributed by atoms with Crippen molar-refractivity contribution in [2.45, 2.75) is 29.2 Å². The summed E-state index contributed by atoms with van der Waals surface area (Å²) in [5.41, 5.74) is 0. The normalized spacial score (nSPS) is 49.2. The molecule has 1 saturated heterocycles. The number of hydrogen-bond donors (Lipinski definition) is 2. The molecule has 1 rings (SSSR count). The highest BCUT2D eigenvalue weighted by molar-refractivity contribution is 14.1. The van der Waals surface area contributed by atoms with E-state index in [1.54, 1.807) is 13.5 Å². The zero-order valence-corrected chi connectivity index (χ0v) is 7.72. The van der Waals surface area contributed by atoms with E-state index in [4.69, 9.17) is 4.74 Å². The summed E-state index contributed by atoms with van der Waals surface area (Å²) in [6, 6.07) is 0. The average molecular weight is 257 g/mol. The van der Waals surface area contributed by atoms with Gasteiger partial charge in [-0.1, -0.05) is 22.6 Å². The third-order valence-corrected chi connectivity index (χ3v) is 2.61. The summed E-state index contributed by atoms with van der Waals surface area (Å²) in [5, 5.41) is 18.5. The van der Waals surface area contributed by atoms with Gasteiger partial charge in [0.15, 0.2) is 0 Å². The van der Waals surface area contributed by atoms with Crippen LogP contribution in [0.5, 0.6) is 0 Å². The van der Waals surface area contributed by atoms with Crippen LogP contribution >= 0.6 is 22.6 Å². The molecule has 0 bridgehead atoms. The molecular weight excluding hydrogens is 247 g/mol. The molecule has 0 aliphatic carbocycles. The number of halogens is 1. The standard InChI is InChI=1S/C6H10IO3/c1-3-5(8)6(9)4(7)2-10-3/h2-6,8-9H,1H3/t3-,4-,5-,6-/m0/s1. The molecular formula is C6H10IO3. The highest BCUT2D eigenvalue weighted by Gasteiger charge is 2.34. The maximum atomic E-state index is 9.25. The van der Waals surface area contributed by atoms with E-state index in [1.165, 1.54) is 0 Å². The molecule has 0 aromatic carbocycles. The highest BCUT2D eigenvalue weighted by Crippen LogP contribution is 2.23. The molecule has 0 amide bonds.